The first-order valence-corrected chi connectivity index (χ1v) is 5.58. The number of aromatic nitrogens is 3. The summed E-state index contributed by atoms with van der Waals surface area (Å²) in [6, 6.07) is 5.96. The lowest BCUT2D eigenvalue weighted by Crippen LogP contribution is -2.07. The van der Waals surface area contributed by atoms with Gasteiger partial charge in [0.1, 0.15) is 0 Å². The molecule has 4 nitrogen and oxygen atoms in total. The van der Waals surface area contributed by atoms with E-state index >= 15 is 0 Å². The lowest BCUT2D eigenvalue weighted by atomic mass is 10.2. The van der Waals surface area contributed by atoms with Crippen LogP contribution in [0, 0.1) is 0 Å². The molecule has 0 radical (unpaired) electrons. The monoisotopic (exact) mass is 214 g/mol. The van der Waals surface area contributed by atoms with Crippen molar-refractivity contribution in [3.8, 4) is 5.82 Å². The lowest BCUT2D eigenvalue weighted by Gasteiger charge is -2.05. The highest BCUT2D eigenvalue weighted by Crippen LogP contribution is 2.39. The van der Waals surface area contributed by atoms with Gasteiger partial charge < -0.3 is 5.73 Å². The van der Waals surface area contributed by atoms with Crippen LogP contribution < -0.4 is 5.73 Å². The maximum atomic E-state index is 5.69. The summed E-state index contributed by atoms with van der Waals surface area (Å²) in [6.45, 7) is 0.488. The molecule has 16 heavy (non-hydrogen) atoms. The summed E-state index contributed by atoms with van der Waals surface area (Å²) >= 11 is 0. The van der Waals surface area contributed by atoms with E-state index in [0.717, 1.165) is 11.4 Å². The van der Waals surface area contributed by atoms with Crippen LogP contribution in [0.2, 0.25) is 0 Å². The van der Waals surface area contributed by atoms with Crippen LogP contribution in [-0.4, -0.2) is 14.8 Å². The molecule has 1 saturated carbocycles. The molecule has 1 aliphatic carbocycles. The van der Waals surface area contributed by atoms with Crippen molar-refractivity contribution in [3.63, 3.8) is 0 Å². The van der Waals surface area contributed by atoms with E-state index < -0.39 is 0 Å². The van der Waals surface area contributed by atoms with Gasteiger partial charge in [-0.05, 0) is 25.0 Å². The third kappa shape index (κ3) is 1.61. The Morgan fingerprint density at radius 1 is 1.38 bits per heavy atom. The van der Waals surface area contributed by atoms with Crippen molar-refractivity contribution >= 4 is 0 Å². The van der Waals surface area contributed by atoms with Gasteiger partial charge >= 0.3 is 0 Å². The molecule has 0 bridgehead atoms. The molecule has 0 aliphatic heterocycles. The Kier molecular flexibility index (Phi) is 2.22. The Hall–Kier alpha value is -1.68. The van der Waals surface area contributed by atoms with Crippen molar-refractivity contribution in [1.82, 2.24) is 14.8 Å². The summed E-state index contributed by atoms with van der Waals surface area (Å²) < 4.78 is 1.83. The van der Waals surface area contributed by atoms with Crippen molar-refractivity contribution in [2.75, 3.05) is 0 Å². The molecular formula is C12H14N4. The topological polar surface area (TPSA) is 56.7 Å². The van der Waals surface area contributed by atoms with Crippen molar-refractivity contribution < 1.29 is 0 Å². The van der Waals surface area contributed by atoms with Gasteiger partial charge in [-0.15, -0.1) is 0 Å². The van der Waals surface area contributed by atoms with Crippen LogP contribution in [0.15, 0.2) is 30.6 Å². The zero-order valence-corrected chi connectivity index (χ0v) is 9.00. The third-order valence-electron chi connectivity index (χ3n) is 2.91. The molecule has 82 valence electrons. The third-order valence-corrected chi connectivity index (χ3v) is 2.91. The van der Waals surface area contributed by atoms with Gasteiger partial charge in [0.25, 0.3) is 0 Å². The summed E-state index contributed by atoms with van der Waals surface area (Å²) in [6.07, 6.45) is 6.27. The highest BCUT2D eigenvalue weighted by Gasteiger charge is 2.26. The molecule has 1 fully saturated rings. The summed E-state index contributed by atoms with van der Waals surface area (Å²) in [5.41, 5.74) is 7.88. The first-order chi connectivity index (χ1) is 7.88. The number of hydrogen-bond acceptors (Lipinski definition) is 3. The Bertz CT molecular complexity index is 499. The van der Waals surface area contributed by atoms with Gasteiger partial charge in [-0.2, -0.15) is 5.10 Å². The van der Waals surface area contributed by atoms with E-state index in [1.165, 1.54) is 18.5 Å². The summed E-state index contributed by atoms with van der Waals surface area (Å²) in [4.78, 5) is 4.33. The van der Waals surface area contributed by atoms with E-state index in [-0.39, 0.29) is 0 Å². The molecule has 2 aromatic rings. The van der Waals surface area contributed by atoms with Crippen LogP contribution in [0.5, 0.6) is 0 Å². The van der Waals surface area contributed by atoms with E-state index in [0.29, 0.717) is 12.5 Å². The molecule has 0 atom stereocenters. The number of pyridine rings is 1. The molecule has 0 spiro atoms. The van der Waals surface area contributed by atoms with Crippen LogP contribution in [0.25, 0.3) is 5.82 Å². The number of nitrogens with two attached hydrogens (primary N) is 1. The molecule has 2 heterocycles. The summed E-state index contributed by atoms with van der Waals surface area (Å²) in [7, 11) is 0. The van der Waals surface area contributed by atoms with Gasteiger partial charge in [0, 0.05) is 30.4 Å². The second-order valence-electron chi connectivity index (χ2n) is 4.15. The van der Waals surface area contributed by atoms with E-state index in [1.807, 2.05) is 23.0 Å². The molecule has 0 amide bonds. The van der Waals surface area contributed by atoms with Crippen molar-refractivity contribution in [1.29, 1.82) is 0 Å². The highest BCUT2D eigenvalue weighted by molar-refractivity contribution is 5.33. The minimum Gasteiger partial charge on any atom is -0.326 e. The summed E-state index contributed by atoms with van der Waals surface area (Å²) in [5, 5.41) is 4.55. The normalized spacial score (nSPS) is 15.3. The second-order valence-corrected chi connectivity index (χ2v) is 4.15. The number of hydrogen-bond donors (Lipinski definition) is 1. The molecule has 2 aromatic heterocycles. The molecule has 2 N–H and O–H groups in total. The Morgan fingerprint density at radius 2 is 2.25 bits per heavy atom. The minimum atomic E-state index is 0.488. The molecule has 4 heteroatoms. The first-order valence-electron chi connectivity index (χ1n) is 5.58. The smallest absolute Gasteiger partial charge is 0.157 e. The van der Waals surface area contributed by atoms with Gasteiger partial charge in [0.15, 0.2) is 5.82 Å². The van der Waals surface area contributed by atoms with Crippen LogP contribution >= 0.6 is 0 Å². The fourth-order valence-electron chi connectivity index (χ4n) is 1.85. The van der Waals surface area contributed by atoms with Crippen LogP contribution in [0.1, 0.15) is 30.0 Å². The minimum absolute atomic E-state index is 0.488. The first kappa shape index (κ1) is 9.54. The zero-order chi connectivity index (χ0) is 11.0. The Morgan fingerprint density at radius 3 is 3.00 bits per heavy atom. The molecule has 0 unspecified atom stereocenters. The van der Waals surface area contributed by atoms with Crippen molar-refractivity contribution in [3.05, 3.63) is 41.9 Å². The van der Waals surface area contributed by atoms with Crippen molar-refractivity contribution in [2.45, 2.75) is 25.3 Å². The number of rotatable bonds is 3. The Balaban J connectivity index is 2.00. The second kappa shape index (κ2) is 3.72. The molecule has 0 saturated heterocycles. The fraction of sp³-hybridized carbons (Fsp3) is 0.333. The van der Waals surface area contributed by atoms with E-state index in [9.17, 15) is 0 Å². The van der Waals surface area contributed by atoms with Crippen molar-refractivity contribution in [2.24, 2.45) is 5.73 Å². The maximum Gasteiger partial charge on any atom is 0.157 e. The van der Waals surface area contributed by atoms with E-state index in [1.54, 1.807) is 6.20 Å². The molecular weight excluding hydrogens is 200 g/mol. The van der Waals surface area contributed by atoms with E-state index in [2.05, 4.69) is 16.1 Å². The van der Waals surface area contributed by atoms with Gasteiger partial charge in [0.2, 0.25) is 0 Å². The standard InChI is InChI=1S/C12H14N4/c13-8-10-2-1-6-14-12(10)16-7-5-11(15-16)9-3-4-9/h1-2,5-7,9H,3-4,8,13H2. The van der Waals surface area contributed by atoms with E-state index in [4.69, 9.17) is 5.73 Å². The SMILES string of the molecule is NCc1cccnc1-n1ccc(C2CC2)n1. The predicted octanol–water partition coefficient (Wildman–Crippen LogP) is 1.60. The van der Waals surface area contributed by atoms with Crippen LogP contribution in [0.4, 0.5) is 0 Å². The van der Waals surface area contributed by atoms with Crippen LogP contribution in [-0.2, 0) is 6.54 Å². The number of nitrogens with zero attached hydrogens (tertiary/aromatic N) is 3. The lowest BCUT2D eigenvalue weighted by molar-refractivity contribution is 0.796. The highest BCUT2D eigenvalue weighted by atomic mass is 15.3. The van der Waals surface area contributed by atoms with Gasteiger partial charge in [-0.25, -0.2) is 9.67 Å². The summed E-state index contributed by atoms with van der Waals surface area (Å²) in [5.74, 6) is 1.52. The largest absolute Gasteiger partial charge is 0.326 e. The average Bonchev–Trinajstić information content (AvgIpc) is 3.07. The molecule has 3 rings (SSSR count). The Labute approximate surface area is 94.1 Å². The average molecular weight is 214 g/mol. The van der Waals surface area contributed by atoms with Gasteiger partial charge in [-0.1, -0.05) is 6.07 Å². The quantitative estimate of drug-likeness (QED) is 0.844. The van der Waals surface area contributed by atoms with Gasteiger partial charge in [0.05, 0.1) is 5.69 Å². The molecule has 0 aromatic carbocycles. The zero-order valence-electron chi connectivity index (χ0n) is 9.00. The fourth-order valence-corrected chi connectivity index (χ4v) is 1.85. The maximum absolute atomic E-state index is 5.69. The molecule has 1 aliphatic rings. The van der Waals surface area contributed by atoms with Gasteiger partial charge in [-0.3, -0.25) is 0 Å². The predicted molar refractivity (Wildman–Crippen MR) is 61.2 cm³/mol. The van der Waals surface area contributed by atoms with Crippen LogP contribution in [0.3, 0.4) is 0 Å².